The Labute approximate surface area is 117 Å². The summed E-state index contributed by atoms with van der Waals surface area (Å²) in [4.78, 5) is 12.9. The molecule has 0 spiro atoms. The molecule has 4 heteroatoms. The third-order valence-corrected chi connectivity index (χ3v) is 3.69. The third kappa shape index (κ3) is 4.10. The van der Waals surface area contributed by atoms with E-state index >= 15 is 0 Å². The number of hydrogen-bond donors (Lipinski definition) is 1. The molecule has 1 heterocycles. The van der Waals surface area contributed by atoms with Crippen molar-refractivity contribution in [2.24, 2.45) is 0 Å². The topological polar surface area (TPSA) is 32.3 Å². The first kappa shape index (κ1) is 13.6. The van der Waals surface area contributed by atoms with E-state index in [-0.39, 0.29) is 5.91 Å². The van der Waals surface area contributed by atoms with E-state index in [4.69, 9.17) is 0 Å². The van der Waals surface area contributed by atoms with E-state index in [9.17, 15) is 4.79 Å². The fourth-order valence-corrected chi connectivity index (χ4v) is 2.43. The van der Waals surface area contributed by atoms with Gasteiger partial charge in [0.15, 0.2) is 0 Å². The second-order valence-electron chi connectivity index (χ2n) is 4.56. The van der Waals surface area contributed by atoms with Gasteiger partial charge in [-0.25, -0.2) is 0 Å². The van der Waals surface area contributed by atoms with Crippen molar-refractivity contribution in [3.8, 4) is 0 Å². The number of benzene rings is 1. The van der Waals surface area contributed by atoms with E-state index in [1.165, 1.54) is 5.56 Å². The Morgan fingerprint density at radius 3 is 2.84 bits per heavy atom. The van der Waals surface area contributed by atoms with Gasteiger partial charge in [-0.05, 0) is 40.1 Å². The lowest BCUT2D eigenvalue weighted by molar-refractivity contribution is -0.128. The predicted octanol–water partition coefficient (Wildman–Crippen LogP) is 3.34. The van der Waals surface area contributed by atoms with Gasteiger partial charge in [-0.3, -0.25) is 4.79 Å². The van der Waals surface area contributed by atoms with Crippen molar-refractivity contribution in [1.29, 1.82) is 0 Å². The van der Waals surface area contributed by atoms with Gasteiger partial charge in [0.05, 0.1) is 0 Å². The fraction of sp³-hybridized carbons (Fsp3) is 0.267. The smallest absolute Gasteiger partial charge is 0.219 e. The second kappa shape index (κ2) is 6.38. The Balaban J connectivity index is 1.96. The molecule has 0 bridgehead atoms. The van der Waals surface area contributed by atoms with Gasteiger partial charge in [-0.15, -0.1) is 0 Å². The maximum Gasteiger partial charge on any atom is 0.219 e. The summed E-state index contributed by atoms with van der Waals surface area (Å²) in [5.41, 5.74) is 3.50. The number of amides is 1. The highest BCUT2D eigenvalue weighted by molar-refractivity contribution is 7.07. The van der Waals surface area contributed by atoms with Gasteiger partial charge in [-0.1, -0.05) is 12.1 Å². The third-order valence-electron chi connectivity index (χ3n) is 2.96. The minimum Gasteiger partial charge on any atom is -0.381 e. The number of carbonyl (C=O) groups excluding carboxylic acids is 1. The van der Waals surface area contributed by atoms with E-state index < -0.39 is 0 Å². The maximum absolute atomic E-state index is 11.2. The van der Waals surface area contributed by atoms with Gasteiger partial charge in [-0.2, -0.15) is 11.3 Å². The Kier molecular flexibility index (Phi) is 4.58. The average Bonchev–Trinajstić information content (AvgIpc) is 2.90. The number of rotatable bonds is 5. The van der Waals surface area contributed by atoms with Crippen LogP contribution in [0.4, 0.5) is 5.69 Å². The second-order valence-corrected chi connectivity index (χ2v) is 5.34. The molecule has 3 nitrogen and oxygen atoms in total. The Morgan fingerprint density at radius 1 is 1.32 bits per heavy atom. The van der Waals surface area contributed by atoms with Crippen LogP contribution in [-0.4, -0.2) is 17.9 Å². The fourth-order valence-electron chi connectivity index (χ4n) is 1.76. The number of thiophene rings is 1. The number of anilines is 1. The van der Waals surface area contributed by atoms with Crippen molar-refractivity contribution in [2.75, 3.05) is 12.4 Å². The molecule has 1 N–H and O–H groups in total. The summed E-state index contributed by atoms with van der Waals surface area (Å²) in [6.45, 7) is 3.05. The first-order chi connectivity index (χ1) is 9.15. The van der Waals surface area contributed by atoms with Crippen molar-refractivity contribution in [1.82, 2.24) is 4.90 Å². The van der Waals surface area contributed by atoms with Crippen LogP contribution in [0.2, 0.25) is 0 Å². The molecular formula is C15H18N2OS. The number of nitrogens with zero attached hydrogens (tertiary/aromatic N) is 1. The standard InChI is InChI=1S/C15H18N2OS/c1-12(18)17(2)10-13-4-3-5-15(8-13)16-9-14-6-7-19-11-14/h3-8,11,16H,9-10H2,1-2H3. The Bertz CT molecular complexity index is 537. The molecule has 0 saturated carbocycles. The molecule has 1 aromatic heterocycles. The van der Waals surface area contributed by atoms with Crippen molar-refractivity contribution in [3.63, 3.8) is 0 Å². The SMILES string of the molecule is CC(=O)N(C)Cc1cccc(NCc2ccsc2)c1. The quantitative estimate of drug-likeness (QED) is 0.907. The monoisotopic (exact) mass is 274 g/mol. The average molecular weight is 274 g/mol. The number of carbonyl (C=O) groups is 1. The predicted molar refractivity (Wildman–Crippen MR) is 80.2 cm³/mol. The molecule has 0 radical (unpaired) electrons. The molecule has 0 saturated heterocycles. The van der Waals surface area contributed by atoms with E-state index in [2.05, 4.69) is 28.2 Å². The van der Waals surface area contributed by atoms with E-state index in [1.807, 2.05) is 25.2 Å². The molecule has 0 aliphatic rings. The van der Waals surface area contributed by atoms with Crippen molar-refractivity contribution in [3.05, 3.63) is 52.2 Å². The van der Waals surface area contributed by atoms with Crippen LogP contribution in [0, 0.1) is 0 Å². The maximum atomic E-state index is 11.2. The Hall–Kier alpha value is -1.81. The van der Waals surface area contributed by atoms with Crippen LogP contribution in [0.3, 0.4) is 0 Å². The summed E-state index contributed by atoms with van der Waals surface area (Å²) in [5.74, 6) is 0.0802. The molecule has 2 rings (SSSR count). The molecule has 19 heavy (non-hydrogen) atoms. The van der Waals surface area contributed by atoms with Gasteiger partial charge in [0.2, 0.25) is 5.91 Å². The summed E-state index contributed by atoms with van der Waals surface area (Å²) >= 11 is 1.71. The zero-order valence-electron chi connectivity index (χ0n) is 11.2. The highest BCUT2D eigenvalue weighted by atomic mass is 32.1. The van der Waals surface area contributed by atoms with Crippen LogP contribution in [0.1, 0.15) is 18.1 Å². The van der Waals surface area contributed by atoms with Crippen LogP contribution in [0.5, 0.6) is 0 Å². The zero-order valence-corrected chi connectivity index (χ0v) is 12.0. The first-order valence-electron chi connectivity index (χ1n) is 6.21. The molecule has 0 aliphatic heterocycles. The van der Waals surface area contributed by atoms with Gasteiger partial charge in [0.1, 0.15) is 0 Å². The number of hydrogen-bond acceptors (Lipinski definition) is 3. The molecule has 0 atom stereocenters. The van der Waals surface area contributed by atoms with Gasteiger partial charge < -0.3 is 10.2 Å². The van der Waals surface area contributed by atoms with Crippen molar-refractivity contribution < 1.29 is 4.79 Å². The normalized spacial score (nSPS) is 10.2. The van der Waals surface area contributed by atoms with Gasteiger partial charge in [0, 0.05) is 32.7 Å². The molecule has 0 fully saturated rings. The summed E-state index contributed by atoms with van der Waals surface area (Å²) in [6, 6.07) is 10.3. The molecule has 1 amide bonds. The molecule has 100 valence electrons. The molecule has 0 aliphatic carbocycles. The zero-order chi connectivity index (χ0) is 13.7. The lowest BCUT2D eigenvalue weighted by Gasteiger charge is -2.15. The lowest BCUT2D eigenvalue weighted by atomic mass is 10.2. The number of nitrogens with one attached hydrogen (secondary N) is 1. The molecular weight excluding hydrogens is 256 g/mol. The summed E-state index contributed by atoms with van der Waals surface area (Å²) in [7, 11) is 1.81. The van der Waals surface area contributed by atoms with E-state index in [0.717, 1.165) is 17.8 Å². The van der Waals surface area contributed by atoms with Crippen LogP contribution in [0.25, 0.3) is 0 Å². The van der Waals surface area contributed by atoms with Gasteiger partial charge >= 0.3 is 0 Å². The highest BCUT2D eigenvalue weighted by Gasteiger charge is 2.03. The van der Waals surface area contributed by atoms with E-state index in [0.29, 0.717) is 6.54 Å². The van der Waals surface area contributed by atoms with Crippen molar-refractivity contribution >= 4 is 22.9 Å². The van der Waals surface area contributed by atoms with Gasteiger partial charge in [0.25, 0.3) is 0 Å². The summed E-state index contributed by atoms with van der Waals surface area (Å²) < 4.78 is 0. The van der Waals surface area contributed by atoms with Crippen LogP contribution >= 0.6 is 11.3 Å². The van der Waals surface area contributed by atoms with Crippen molar-refractivity contribution in [2.45, 2.75) is 20.0 Å². The molecule has 1 aromatic carbocycles. The van der Waals surface area contributed by atoms with Crippen LogP contribution in [0.15, 0.2) is 41.1 Å². The van der Waals surface area contributed by atoms with Crippen LogP contribution in [-0.2, 0) is 17.9 Å². The van der Waals surface area contributed by atoms with E-state index in [1.54, 1.807) is 23.2 Å². The summed E-state index contributed by atoms with van der Waals surface area (Å²) in [5, 5.41) is 7.61. The largest absolute Gasteiger partial charge is 0.381 e. The van der Waals surface area contributed by atoms with Crippen LogP contribution < -0.4 is 5.32 Å². The lowest BCUT2D eigenvalue weighted by Crippen LogP contribution is -2.22. The minimum absolute atomic E-state index is 0.0802. The highest BCUT2D eigenvalue weighted by Crippen LogP contribution is 2.14. The Morgan fingerprint density at radius 2 is 2.16 bits per heavy atom. The molecule has 0 unspecified atom stereocenters. The molecule has 2 aromatic rings. The first-order valence-corrected chi connectivity index (χ1v) is 7.15. The summed E-state index contributed by atoms with van der Waals surface area (Å²) in [6.07, 6.45) is 0. The minimum atomic E-state index is 0.0802.